The molecule has 0 atom stereocenters. The number of nitrogens with zero attached hydrogens (tertiary/aromatic N) is 2. The smallest absolute Gasteiger partial charge is 0.258 e. The lowest BCUT2D eigenvalue weighted by molar-refractivity contribution is -0.131. The molecule has 0 saturated heterocycles. The molecule has 2 aromatic carbocycles. The van der Waals surface area contributed by atoms with Gasteiger partial charge in [-0.1, -0.05) is 28.1 Å². The molecule has 0 aliphatic heterocycles. The number of benzene rings is 2. The molecule has 8 heteroatoms. The Morgan fingerprint density at radius 1 is 1.25 bits per heavy atom. The van der Waals surface area contributed by atoms with Gasteiger partial charge in [0.1, 0.15) is 0 Å². The number of fused-ring (bicyclic) bond motifs is 1. The minimum Gasteiger partial charge on any atom is -0.494 e. The molecule has 7 nitrogen and oxygen atoms in total. The molecule has 28 heavy (non-hydrogen) atoms. The summed E-state index contributed by atoms with van der Waals surface area (Å²) in [7, 11) is 3.35. The SMILES string of the molecule is CNN(C)C(=O)Cc1ccc(N=Cc2c(O)[nH]c(=O)c3ccc(Br)cc23)cc1. The molecule has 1 aromatic heterocycles. The van der Waals surface area contributed by atoms with E-state index in [-0.39, 0.29) is 23.8 Å². The van der Waals surface area contributed by atoms with E-state index < -0.39 is 0 Å². The van der Waals surface area contributed by atoms with Crippen LogP contribution in [0, 0.1) is 0 Å². The number of nitrogens with one attached hydrogen (secondary N) is 2. The van der Waals surface area contributed by atoms with Crippen molar-refractivity contribution in [2.75, 3.05) is 14.1 Å². The maximum absolute atomic E-state index is 12.0. The molecule has 0 aliphatic carbocycles. The lowest BCUT2D eigenvalue weighted by atomic mass is 10.1. The summed E-state index contributed by atoms with van der Waals surface area (Å²) in [5.41, 5.74) is 4.36. The van der Waals surface area contributed by atoms with Crippen molar-refractivity contribution in [3.8, 4) is 5.88 Å². The van der Waals surface area contributed by atoms with Gasteiger partial charge in [0, 0.05) is 35.6 Å². The first-order valence-corrected chi connectivity index (χ1v) is 9.30. The highest BCUT2D eigenvalue weighted by Gasteiger charge is 2.10. The van der Waals surface area contributed by atoms with Crippen LogP contribution in [0.4, 0.5) is 5.69 Å². The van der Waals surface area contributed by atoms with E-state index in [0.717, 1.165) is 10.0 Å². The number of hydrazine groups is 1. The highest BCUT2D eigenvalue weighted by atomic mass is 79.9. The molecule has 0 radical (unpaired) electrons. The van der Waals surface area contributed by atoms with Crippen LogP contribution in [0.1, 0.15) is 11.1 Å². The number of amides is 1. The molecule has 3 aromatic rings. The van der Waals surface area contributed by atoms with Crippen molar-refractivity contribution in [3.63, 3.8) is 0 Å². The number of aromatic amines is 1. The van der Waals surface area contributed by atoms with Crippen molar-refractivity contribution in [1.29, 1.82) is 0 Å². The molecule has 3 N–H and O–H groups in total. The van der Waals surface area contributed by atoms with Gasteiger partial charge in [-0.15, -0.1) is 0 Å². The average molecular weight is 443 g/mol. The van der Waals surface area contributed by atoms with Crippen LogP contribution in [-0.4, -0.2) is 41.3 Å². The zero-order valence-corrected chi connectivity index (χ0v) is 16.9. The van der Waals surface area contributed by atoms with Crippen LogP contribution < -0.4 is 11.0 Å². The molecule has 0 aliphatic rings. The highest BCUT2D eigenvalue weighted by Crippen LogP contribution is 2.25. The Morgan fingerprint density at radius 2 is 1.96 bits per heavy atom. The molecule has 0 saturated carbocycles. The fourth-order valence-electron chi connectivity index (χ4n) is 2.69. The summed E-state index contributed by atoms with van der Waals surface area (Å²) < 4.78 is 0.792. The predicted molar refractivity (Wildman–Crippen MR) is 113 cm³/mol. The Balaban J connectivity index is 1.87. The minimum atomic E-state index is -0.363. The summed E-state index contributed by atoms with van der Waals surface area (Å²) >= 11 is 3.38. The summed E-state index contributed by atoms with van der Waals surface area (Å²) in [5, 5.41) is 12.6. The lowest BCUT2D eigenvalue weighted by Gasteiger charge is -2.14. The fourth-order valence-corrected chi connectivity index (χ4v) is 3.06. The number of likely N-dealkylation sites (N-methyl/N-ethyl adjacent to an activating group) is 1. The first kappa shape index (κ1) is 19.8. The van der Waals surface area contributed by atoms with Gasteiger partial charge in [0.05, 0.1) is 17.7 Å². The van der Waals surface area contributed by atoms with Gasteiger partial charge >= 0.3 is 0 Å². The number of halogens is 1. The zero-order chi connectivity index (χ0) is 20.3. The Kier molecular flexibility index (Phi) is 5.91. The topological polar surface area (TPSA) is 97.8 Å². The molecule has 0 unspecified atom stereocenters. The third-order valence-electron chi connectivity index (χ3n) is 4.35. The normalized spacial score (nSPS) is 11.2. The number of carbonyl (C=O) groups is 1. The molecule has 0 spiro atoms. The first-order valence-electron chi connectivity index (χ1n) is 8.50. The largest absolute Gasteiger partial charge is 0.494 e. The maximum Gasteiger partial charge on any atom is 0.258 e. The molecule has 0 fully saturated rings. The van der Waals surface area contributed by atoms with E-state index in [4.69, 9.17) is 0 Å². The van der Waals surface area contributed by atoms with Gasteiger partial charge in [0.15, 0.2) is 0 Å². The third-order valence-corrected chi connectivity index (χ3v) is 4.84. The van der Waals surface area contributed by atoms with Crippen molar-refractivity contribution in [3.05, 3.63) is 68.4 Å². The Hall–Kier alpha value is -2.97. The van der Waals surface area contributed by atoms with Crippen molar-refractivity contribution >= 4 is 44.5 Å². The van der Waals surface area contributed by atoms with Crippen molar-refractivity contribution in [2.45, 2.75) is 6.42 Å². The van der Waals surface area contributed by atoms with Gasteiger partial charge in [-0.3, -0.25) is 24.6 Å². The van der Waals surface area contributed by atoms with E-state index in [9.17, 15) is 14.7 Å². The molecular formula is C20H19BrN4O3. The summed E-state index contributed by atoms with van der Waals surface area (Å²) in [4.78, 5) is 30.8. The van der Waals surface area contributed by atoms with Crippen LogP contribution in [0.25, 0.3) is 10.8 Å². The number of aliphatic imine (C=N–C) groups is 1. The van der Waals surface area contributed by atoms with Crippen LogP contribution in [0.3, 0.4) is 0 Å². The van der Waals surface area contributed by atoms with Gasteiger partial charge in [-0.25, -0.2) is 5.43 Å². The standard InChI is InChI=1S/C20H19BrN4O3/c1-22-25(2)18(26)9-12-3-6-14(7-4-12)23-11-17-16-10-13(21)5-8-15(16)19(27)24-20(17)28/h3-8,10-11,22H,9H2,1-2H3,(H2,24,27,28). The molecular weight excluding hydrogens is 424 g/mol. The number of hydrogen-bond acceptors (Lipinski definition) is 5. The van der Waals surface area contributed by atoms with Crippen molar-refractivity contribution in [2.24, 2.45) is 4.99 Å². The van der Waals surface area contributed by atoms with Crippen LogP contribution in [-0.2, 0) is 11.2 Å². The molecule has 3 rings (SSSR count). The zero-order valence-electron chi connectivity index (χ0n) is 15.4. The van der Waals surface area contributed by atoms with E-state index in [1.807, 2.05) is 12.1 Å². The van der Waals surface area contributed by atoms with E-state index in [1.165, 1.54) is 11.2 Å². The van der Waals surface area contributed by atoms with Crippen LogP contribution >= 0.6 is 15.9 Å². The Morgan fingerprint density at radius 3 is 2.64 bits per heavy atom. The maximum atomic E-state index is 12.0. The quantitative estimate of drug-likeness (QED) is 0.417. The number of pyridine rings is 1. The first-order chi connectivity index (χ1) is 13.4. The number of hydrogen-bond donors (Lipinski definition) is 3. The molecule has 1 heterocycles. The summed E-state index contributed by atoms with van der Waals surface area (Å²) in [6.07, 6.45) is 1.79. The number of rotatable bonds is 5. The molecule has 0 bridgehead atoms. The minimum absolute atomic E-state index is 0.0473. The average Bonchev–Trinajstić information content (AvgIpc) is 2.68. The highest BCUT2D eigenvalue weighted by molar-refractivity contribution is 9.10. The second-order valence-electron chi connectivity index (χ2n) is 6.18. The van der Waals surface area contributed by atoms with E-state index in [2.05, 4.69) is 31.3 Å². The Bertz CT molecular complexity index is 1110. The van der Waals surface area contributed by atoms with Gasteiger partial charge in [-0.2, -0.15) is 0 Å². The van der Waals surface area contributed by atoms with Gasteiger partial charge in [-0.05, 0) is 35.9 Å². The van der Waals surface area contributed by atoms with E-state index in [1.54, 1.807) is 44.4 Å². The number of aromatic hydroxyl groups is 1. The second-order valence-corrected chi connectivity index (χ2v) is 7.10. The molecule has 144 valence electrons. The van der Waals surface area contributed by atoms with E-state index in [0.29, 0.717) is 22.0 Å². The van der Waals surface area contributed by atoms with Gasteiger partial charge in [0.25, 0.3) is 5.56 Å². The van der Waals surface area contributed by atoms with Crippen LogP contribution in [0.15, 0.2) is 56.7 Å². The van der Waals surface area contributed by atoms with Crippen molar-refractivity contribution in [1.82, 2.24) is 15.4 Å². The predicted octanol–water partition coefficient (Wildman–Crippen LogP) is 2.88. The molecule has 1 amide bonds. The van der Waals surface area contributed by atoms with Gasteiger partial charge < -0.3 is 5.11 Å². The summed E-state index contributed by atoms with van der Waals surface area (Å²) in [5.74, 6) is -0.286. The monoisotopic (exact) mass is 442 g/mol. The second kappa shape index (κ2) is 8.37. The van der Waals surface area contributed by atoms with Crippen molar-refractivity contribution < 1.29 is 9.90 Å². The lowest BCUT2D eigenvalue weighted by Crippen LogP contribution is -2.37. The fraction of sp³-hybridized carbons (Fsp3) is 0.150. The third kappa shape index (κ3) is 4.29. The summed E-state index contributed by atoms with van der Waals surface area (Å²) in [6, 6.07) is 12.5. The summed E-state index contributed by atoms with van der Waals surface area (Å²) in [6.45, 7) is 0. The van der Waals surface area contributed by atoms with E-state index >= 15 is 0 Å². The Labute approximate surface area is 169 Å². The number of H-pyrrole nitrogens is 1. The van der Waals surface area contributed by atoms with Crippen LogP contribution in [0.5, 0.6) is 5.88 Å². The van der Waals surface area contributed by atoms with Gasteiger partial charge in [0.2, 0.25) is 11.8 Å². The number of carbonyl (C=O) groups excluding carboxylic acids is 1. The number of aromatic nitrogens is 1. The van der Waals surface area contributed by atoms with Crippen LogP contribution in [0.2, 0.25) is 0 Å².